The van der Waals surface area contributed by atoms with Crippen molar-refractivity contribution < 1.29 is 14.0 Å². The van der Waals surface area contributed by atoms with Crippen LogP contribution < -0.4 is 9.80 Å². The van der Waals surface area contributed by atoms with Crippen molar-refractivity contribution in [1.29, 1.82) is 0 Å². The number of rotatable bonds is 3. The lowest BCUT2D eigenvalue weighted by Gasteiger charge is -2.37. The molecule has 2 aromatic rings. The highest BCUT2D eigenvalue weighted by molar-refractivity contribution is 9.10. The van der Waals surface area contributed by atoms with Crippen LogP contribution in [-0.4, -0.2) is 49.4 Å². The first-order valence-electron chi connectivity index (χ1n) is 8.42. The van der Waals surface area contributed by atoms with Gasteiger partial charge in [-0.05, 0) is 52.3 Å². The Kier molecular flexibility index (Phi) is 4.50. The molecule has 0 bridgehead atoms. The van der Waals surface area contributed by atoms with Gasteiger partial charge in [0.25, 0.3) is 5.78 Å². The molecule has 0 unspecified atom stereocenters. The molecule has 7 heteroatoms. The summed E-state index contributed by atoms with van der Waals surface area (Å²) in [5.74, 6) is -1.18. The number of carbonyl (C=O) groups is 2. The summed E-state index contributed by atoms with van der Waals surface area (Å²) >= 11 is 3.36. The van der Waals surface area contributed by atoms with Crippen molar-refractivity contribution in [3.8, 4) is 0 Å². The second-order valence-electron chi connectivity index (χ2n) is 6.42. The van der Waals surface area contributed by atoms with Crippen LogP contribution in [-0.2, 0) is 4.79 Å². The van der Waals surface area contributed by atoms with Gasteiger partial charge in [-0.2, -0.15) is 0 Å². The summed E-state index contributed by atoms with van der Waals surface area (Å²) in [6, 6.07) is 11.9. The number of Topliss-reactive ketones (excluding diaryl/α,β-unsaturated/α-hetero) is 1. The average molecular weight is 418 g/mol. The smallest absolute Gasteiger partial charge is 0.300 e. The van der Waals surface area contributed by atoms with Gasteiger partial charge in [-0.1, -0.05) is 6.07 Å². The fourth-order valence-electron chi connectivity index (χ4n) is 3.44. The predicted molar refractivity (Wildman–Crippen MR) is 101 cm³/mol. The number of fused-ring (bicyclic) bond motifs is 1. The molecule has 0 spiro atoms. The first-order chi connectivity index (χ1) is 12.5. The van der Waals surface area contributed by atoms with Crippen LogP contribution in [0.2, 0.25) is 0 Å². The molecule has 2 heterocycles. The van der Waals surface area contributed by atoms with E-state index in [-0.39, 0.29) is 5.82 Å². The lowest BCUT2D eigenvalue weighted by Crippen LogP contribution is -2.51. The zero-order valence-electron chi connectivity index (χ0n) is 14.0. The molecule has 1 amide bonds. The van der Waals surface area contributed by atoms with Crippen LogP contribution in [0, 0.1) is 5.82 Å². The first kappa shape index (κ1) is 17.2. The van der Waals surface area contributed by atoms with Crippen molar-refractivity contribution in [3.63, 3.8) is 0 Å². The Balaban J connectivity index is 1.44. The monoisotopic (exact) mass is 417 g/mol. The van der Waals surface area contributed by atoms with E-state index < -0.39 is 11.7 Å². The number of benzene rings is 2. The van der Waals surface area contributed by atoms with Crippen LogP contribution in [0.25, 0.3) is 0 Å². The van der Waals surface area contributed by atoms with Crippen LogP contribution in [0.3, 0.4) is 0 Å². The molecule has 26 heavy (non-hydrogen) atoms. The third-order valence-electron chi connectivity index (χ3n) is 4.85. The summed E-state index contributed by atoms with van der Waals surface area (Å²) in [5, 5.41) is 0. The average Bonchev–Trinajstić information content (AvgIpc) is 2.89. The van der Waals surface area contributed by atoms with E-state index in [4.69, 9.17) is 0 Å². The molecule has 2 aliphatic rings. The third kappa shape index (κ3) is 3.01. The van der Waals surface area contributed by atoms with Gasteiger partial charge in [-0.25, -0.2) is 4.39 Å². The number of anilines is 2. The van der Waals surface area contributed by atoms with E-state index in [0.717, 1.165) is 31.9 Å². The minimum absolute atomic E-state index is 0.241. The number of piperazine rings is 1. The lowest BCUT2D eigenvalue weighted by atomic mass is 10.1. The van der Waals surface area contributed by atoms with Gasteiger partial charge >= 0.3 is 5.91 Å². The van der Waals surface area contributed by atoms with Crippen molar-refractivity contribution in [1.82, 2.24) is 4.90 Å². The Morgan fingerprint density at radius 2 is 1.65 bits per heavy atom. The fraction of sp³-hybridized carbons (Fsp3) is 0.263. The van der Waals surface area contributed by atoms with Gasteiger partial charge in [0, 0.05) is 36.3 Å². The van der Waals surface area contributed by atoms with E-state index in [0.29, 0.717) is 22.4 Å². The normalized spacial score (nSPS) is 17.8. The molecule has 0 N–H and O–H groups in total. The highest BCUT2D eigenvalue weighted by atomic mass is 79.9. The van der Waals surface area contributed by atoms with Gasteiger partial charge in [-0.15, -0.1) is 0 Å². The molecule has 0 atom stereocenters. The van der Waals surface area contributed by atoms with Gasteiger partial charge in [0.15, 0.2) is 0 Å². The summed E-state index contributed by atoms with van der Waals surface area (Å²) in [4.78, 5) is 30.5. The minimum atomic E-state index is -0.479. The number of amides is 1. The maximum absolute atomic E-state index is 13.1. The first-order valence-corrected chi connectivity index (χ1v) is 9.21. The van der Waals surface area contributed by atoms with Gasteiger partial charge < -0.3 is 4.90 Å². The van der Waals surface area contributed by atoms with E-state index in [1.165, 1.54) is 12.1 Å². The van der Waals surface area contributed by atoms with E-state index >= 15 is 0 Å². The maximum atomic E-state index is 13.1. The Morgan fingerprint density at radius 3 is 2.35 bits per heavy atom. The zero-order valence-corrected chi connectivity index (χ0v) is 15.6. The number of ketones is 1. The zero-order chi connectivity index (χ0) is 18.3. The molecule has 0 aliphatic carbocycles. The molecule has 2 aromatic carbocycles. The standard InChI is InChI=1S/C19H17BrFN3O2/c20-15-2-1-3-16-17(15)18(25)19(26)24(16)12-22-8-10-23(11-9-22)14-6-4-13(21)5-7-14/h1-7H,8-12H2. The number of hydrogen-bond acceptors (Lipinski definition) is 4. The number of hydrogen-bond donors (Lipinski definition) is 0. The van der Waals surface area contributed by atoms with Crippen molar-refractivity contribution in [2.24, 2.45) is 0 Å². The lowest BCUT2D eigenvalue weighted by molar-refractivity contribution is -0.114. The maximum Gasteiger partial charge on any atom is 0.300 e. The highest BCUT2D eigenvalue weighted by Crippen LogP contribution is 2.34. The number of halogens is 2. The molecule has 5 nitrogen and oxygen atoms in total. The molecule has 0 aromatic heterocycles. The van der Waals surface area contributed by atoms with Crippen LogP contribution in [0.4, 0.5) is 15.8 Å². The van der Waals surface area contributed by atoms with Gasteiger partial charge in [0.05, 0.1) is 17.9 Å². The Bertz CT molecular complexity index is 864. The largest absolute Gasteiger partial charge is 0.369 e. The third-order valence-corrected chi connectivity index (χ3v) is 5.52. The number of nitrogens with zero attached hydrogens (tertiary/aromatic N) is 3. The molecule has 0 saturated carbocycles. The molecular formula is C19H17BrFN3O2. The molecule has 0 radical (unpaired) electrons. The van der Waals surface area contributed by atoms with Crippen molar-refractivity contribution in [2.45, 2.75) is 0 Å². The SMILES string of the molecule is O=C1C(=O)N(CN2CCN(c3ccc(F)cc3)CC2)c2cccc(Br)c21. The molecule has 4 rings (SSSR count). The molecular weight excluding hydrogens is 401 g/mol. The fourth-order valence-corrected chi connectivity index (χ4v) is 3.98. The van der Waals surface area contributed by atoms with Crippen LogP contribution in [0.5, 0.6) is 0 Å². The van der Waals surface area contributed by atoms with E-state index in [9.17, 15) is 14.0 Å². The predicted octanol–water partition coefficient (Wildman–Crippen LogP) is 2.90. The summed E-state index contributed by atoms with van der Waals surface area (Å²) in [6.07, 6.45) is 0. The molecule has 1 fully saturated rings. The van der Waals surface area contributed by atoms with Gasteiger partial charge in [0.1, 0.15) is 5.82 Å². The highest BCUT2D eigenvalue weighted by Gasteiger charge is 2.38. The van der Waals surface area contributed by atoms with Crippen molar-refractivity contribution >= 4 is 39.0 Å². The second-order valence-corrected chi connectivity index (χ2v) is 7.27. The number of carbonyl (C=O) groups excluding carboxylic acids is 2. The van der Waals surface area contributed by atoms with Gasteiger partial charge in [0.2, 0.25) is 0 Å². The van der Waals surface area contributed by atoms with Crippen LogP contribution >= 0.6 is 15.9 Å². The Labute approximate surface area is 159 Å². The summed E-state index contributed by atoms with van der Waals surface area (Å²) in [5.41, 5.74) is 2.10. The van der Waals surface area contributed by atoms with Crippen molar-refractivity contribution in [2.75, 3.05) is 42.6 Å². The molecule has 134 valence electrons. The van der Waals surface area contributed by atoms with Crippen LogP contribution in [0.1, 0.15) is 10.4 Å². The van der Waals surface area contributed by atoms with E-state index in [1.54, 1.807) is 29.2 Å². The summed E-state index contributed by atoms with van der Waals surface area (Å²) in [6.45, 7) is 3.49. The van der Waals surface area contributed by atoms with E-state index in [2.05, 4.69) is 25.7 Å². The Morgan fingerprint density at radius 1 is 0.962 bits per heavy atom. The summed E-state index contributed by atoms with van der Waals surface area (Å²) in [7, 11) is 0. The Hall–Kier alpha value is -2.25. The summed E-state index contributed by atoms with van der Waals surface area (Å²) < 4.78 is 13.7. The van der Waals surface area contributed by atoms with Crippen LogP contribution in [0.15, 0.2) is 46.9 Å². The second kappa shape index (κ2) is 6.81. The van der Waals surface area contributed by atoms with E-state index in [1.807, 2.05) is 6.07 Å². The van der Waals surface area contributed by atoms with Gasteiger partial charge in [-0.3, -0.25) is 19.4 Å². The van der Waals surface area contributed by atoms with Crippen molar-refractivity contribution in [3.05, 3.63) is 58.3 Å². The minimum Gasteiger partial charge on any atom is -0.369 e. The topological polar surface area (TPSA) is 43.9 Å². The quantitative estimate of drug-likeness (QED) is 0.720. The molecule has 2 aliphatic heterocycles. The molecule has 1 saturated heterocycles.